The number of piperazine rings is 1. The normalized spacial score (nSPS) is 17.4. The van der Waals surface area contributed by atoms with Gasteiger partial charge in [0, 0.05) is 38.3 Å². The summed E-state index contributed by atoms with van der Waals surface area (Å²) < 4.78 is 5.03. The van der Waals surface area contributed by atoms with Gasteiger partial charge in [0.2, 0.25) is 5.75 Å². The van der Waals surface area contributed by atoms with Gasteiger partial charge in [-0.15, -0.1) is 0 Å². The maximum Gasteiger partial charge on any atom is 0.314 e. The maximum atomic E-state index is 11.0. The van der Waals surface area contributed by atoms with Gasteiger partial charge in [-0.1, -0.05) is 0 Å². The van der Waals surface area contributed by atoms with Gasteiger partial charge in [-0.25, -0.2) is 0 Å². The van der Waals surface area contributed by atoms with E-state index in [0.29, 0.717) is 6.42 Å². The minimum absolute atomic E-state index is 0.145. The highest BCUT2D eigenvalue weighted by Crippen LogP contribution is 2.37. The fraction of sp³-hybridized carbons (Fsp3) is 0.571. The van der Waals surface area contributed by atoms with E-state index in [1.54, 1.807) is 6.07 Å². The summed E-state index contributed by atoms with van der Waals surface area (Å²) in [6.07, 6.45) is 0.678. The molecule has 1 fully saturated rings. The minimum atomic E-state index is -0.586. The van der Waals surface area contributed by atoms with Gasteiger partial charge in [0.1, 0.15) is 0 Å². The Labute approximate surface area is 123 Å². The van der Waals surface area contributed by atoms with E-state index < -0.39 is 10.7 Å². The van der Waals surface area contributed by atoms with Gasteiger partial charge in [-0.3, -0.25) is 15.0 Å². The Morgan fingerprint density at radius 3 is 2.71 bits per heavy atom. The van der Waals surface area contributed by atoms with Gasteiger partial charge in [-0.2, -0.15) is 0 Å². The number of nitrogens with one attached hydrogen (secondary N) is 1. The average molecular weight is 295 g/mol. The zero-order valence-electron chi connectivity index (χ0n) is 12.3. The summed E-state index contributed by atoms with van der Waals surface area (Å²) >= 11 is 0. The van der Waals surface area contributed by atoms with Gasteiger partial charge in [-0.05, 0) is 25.0 Å². The summed E-state index contributed by atoms with van der Waals surface area (Å²) in [6, 6.07) is 3.37. The highest BCUT2D eigenvalue weighted by Gasteiger charge is 2.22. The molecule has 1 aliphatic heterocycles. The molecule has 7 heteroatoms. The third kappa shape index (κ3) is 3.62. The van der Waals surface area contributed by atoms with E-state index in [4.69, 9.17) is 4.74 Å². The lowest BCUT2D eigenvalue weighted by molar-refractivity contribution is -0.386. The molecule has 1 aromatic carbocycles. The van der Waals surface area contributed by atoms with Crippen LogP contribution < -0.4 is 10.1 Å². The van der Waals surface area contributed by atoms with Gasteiger partial charge in [0.05, 0.1) is 12.0 Å². The zero-order valence-corrected chi connectivity index (χ0v) is 12.3. The number of rotatable bonds is 5. The Hall–Kier alpha value is -1.86. The Morgan fingerprint density at radius 2 is 2.14 bits per heavy atom. The van der Waals surface area contributed by atoms with E-state index in [1.807, 2.05) is 0 Å². The minimum Gasteiger partial charge on any atom is -0.500 e. The Kier molecular flexibility index (Phi) is 4.98. The molecular formula is C14H21N3O4. The van der Waals surface area contributed by atoms with Gasteiger partial charge < -0.3 is 15.2 Å². The van der Waals surface area contributed by atoms with E-state index in [9.17, 15) is 15.2 Å². The fourth-order valence-corrected chi connectivity index (χ4v) is 2.65. The standard InChI is InChI=1S/C14H21N3O4/c1-10(16-5-3-15-4-6-16)7-11-8-12(17(19)20)14(18)13(9-11)21-2/h8-10,15,18H,3-7H2,1-2H3. The quantitative estimate of drug-likeness (QED) is 0.626. The van der Waals surface area contributed by atoms with E-state index in [2.05, 4.69) is 17.1 Å². The number of hydrogen-bond donors (Lipinski definition) is 2. The molecule has 1 unspecified atom stereocenters. The number of methoxy groups -OCH3 is 1. The summed E-state index contributed by atoms with van der Waals surface area (Å²) in [4.78, 5) is 12.8. The first-order chi connectivity index (χ1) is 10.0. The second kappa shape index (κ2) is 6.73. The van der Waals surface area contributed by atoms with Crippen LogP contribution in [0.3, 0.4) is 0 Å². The van der Waals surface area contributed by atoms with Gasteiger partial charge >= 0.3 is 5.69 Å². The van der Waals surface area contributed by atoms with Crippen molar-refractivity contribution in [3.8, 4) is 11.5 Å². The lowest BCUT2D eigenvalue weighted by atomic mass is 10.0. The van der Waals surface area contributed by atoms with Crippen LogP contribution in [-0.4, -0.2) is 54.3 Å². The predicted octanol–water partition coefficient (Wildman–Crippen LogP) is 1.15. The maximum absolute atomic E-state index is 11.0. The van der Waals surface area contributed by atoms with Crippen molar-refractivity contribution in [3.63, 3.8) is 0 Å². The summed E-state index contributed by atoms with van der Waals surface area (Å²) in [5.74, 6) is -0.271. The molecule has 0 bridgehead atoms. The summed E-state index contributed by atoms with van der Waals surface area (Å²) in [6.45, 7) is 5.97. The number of aromatic hydroxyl groups is 1. The number of nitro groups is 1. The van der Waals surface area contributed by atoms with Crippen molar-refractivity contribution >= 4 is 5.69 Å². The van der Waals surface area contributed by atoms with Crippen molar-refractivity contribution < 1.29 is 14.8 Å². The summed E-state index contributed by atoms with van der Waals surface area (Å²) in [5.41, 5.74) is 0.485. The summed E-state index contributed by atoms with van der Waals surface area (Å²) in [7, 11) is 1.39. The first-order valence-electron chi connectivity index (χ1n) is 7.02. The number of phenols is 1. The molecule has 1 saturated heterocycles. The van der Waals surface area contributed by atoms with E-state index >= 15 is 0 Å². The predicted molar refractivity (Wildman–Crippen MR) is 78.9 cm³/mol. The zero-order chi connectivity index (χ0) is 15.4. The van der Waals surface area contributed by atoms with Crippen molar-refractivity contribution in [1.82, 2.24) is 10.2 Å². The smallest absolute Gasteiger partial charge is 0.314 e. The van der Waals surface area contributed by atoms with Crippen molar-refractivity contribution in [1.29, 1.82) is 0 Å². The van der Waals surface area contributed by atoms with Crippen LogP contribution in [0.25, 0.3) is 0 Å². The Bertz CT molecular complexity index is 515. The lowest BCUT2D eigenvalue weighted by Crippen LogP contribution is -2.48. The molecule has 0 radical (unpaired) electrons. The summed E-state index contributed by atoms with van der Waals surface area (Å²) in [5, 5.41) is 24.1. The van der Waals surface area contributed by atoms with Gasteiger partial charge in [0.25, 0.3) is 0 Å². The van der Waals surface area contributed by atoms with Crippen LogP contribution in [0.2, 0.25) is 0 Å². The molecule has 1 aromatic rings. The first-order valence-corrected chi connectivity index (χ1v) is 7.02. The molecule has 2 N–H and O–H groups in total. The van der Waals surface area contributed by atoms with Crippen LogP contribution in [0.15, 0.2) is 12.1 Å². The van der Waals surface area contributed by atoms with Crippen molar-refractivity contribution in [3.05, 3.63) is 27.8 Å². The highest BCUT2D eigenvalue weighted by atomic mass is 16.6. The van der Waals surface area contributed by atoms with E-state index in [0.717, 1.165) is 31.7 Å². The monoisotopic (exact) mass is 295 g/mol. The molecule has 0 aliphatic carbocycles. The van der Waals surface area contributed by atoms with Crippen molar-refractivity contribution in [2.75, 3.05) is 33.3 Å². The number of benzene rings is 1. The molecule has 116 valence electrons. The van der Waals surface area contributed by atoms with E-state index in [1.165, 1.54) is 13.2 Å². The van der Waals surface area contributed by atoms with Crippen molar-refractivity contribution in [2.24, 2.45) is 0 Å². The second-order valence-corrected chi connectivity index (χ2v) is 5.26. The number of phenolic OH excluding ortho intramolecular Hbond substituents is 1. The third-order valence-corrected chi connectivity index (χ3v) is 3.84. The van der Waals surface area contributed by atoms with Crippen LogP contribution in [0.5, 0.6) is 11.5 Å². The van der Waals surface area contributed by atoms with Crippen LogP contribution in [0, 0.1) is 10.1 Å². The molecule has 7 nitrogen and oxygen atoms in total. The molecular weight excluding hydrogens is 274 g/mol. The lowest BCUT2D eigenvalue weighted by Gasteiger charge is -2.32. The largest absolute Gasteiger partial charge is 0.500 e. The molecule has 1 atom stereocenters. The van der Waals surface area contributed by atoms with Gasteiger partial charge in [0.15, 0.2) is 5.75 Å². The SMILES string of the molecule is COc1cc(CC(C)N2CCNCC2)cc([N+](=O)[O-])c1O. The Morgan fingerprint density at radius 1 is 1.48 bits per heavy atom. The topological polar surface area (TPSA) is 87.9 Å². The van der Waals surface area contributed by atoms with Crippen LogP contribution in [0.4, 0.5) is 5.69 Å². The Balaban J connectivity index is 2.18. The number of nitrogens with zero attached hydrogens (tertiary/aromatic N) is 2. The third-order valence-electron chi connectivity index (χ3n) is 3.84. The molecule has 1 aliphatic rings. The fourth-order valence-electron chi connectivity index (χ4n) is 2.65. The molecule has 2 rings (SSSR count). The van der Waals surface area contributed by atoms with Crippen LogP contribution >= 0.6 is 0 Å². The van der Waals surface area contributed by atoms with Crippen LogP contribution in [-0.2, 0) is 6.42 Å². The molecule has 0 amide bonds. The molecule has 0 aromatic heterocycles. The molecule has 1 heterocycles. The van der Waals surface area contributed by atoms with E-state index in [-0.39, 0.29) is 17.5 Å². The molecule has 0 spiro atoms. The van der Waals surface area contributed by atoms with Crippen LogP contribution in [0.1, 0.15) is 12.5 Å². The molecule has 21 heavy (non-hydrogen) atoms. The first kappa shape index (κ1) is 15.5. The molecule has 0 saturated carbocycles. The number of nitro benzene ring substituents is 1. The highest BCUT2D eigenvalue weighted by molar-refractivity contribution is 5.57. The average Bonchev–Trinajstić information content (AvgIpc) is 2.49. The second-order valence-electron chi connectivity index (χ2n) is 5.26. The number of hydrogen-bond acceptors (Lipinski definition) is 6. The van der Waals surface area contributed by atoms with Crippen molar-refractivity contribution in [2.45, 2.75) is 19.4 Å². The number of ether oxygens (including phenoxy) is 1.